The molecule has 0 aliphatic carbocycles. The summed E-state index contributed by atoms with van der Waals surface area (Å²) in [6, 6.07) is 22.4. The molecule has 0 atom stereocenters. The maximum atomic E-state index is 13.7. The third kappa shape index (κ3) is 3.42. The van der Waals surface area contributed by atoms with E-state index in [0.717, 1.165) is 11.1 Å². The molecule has 0 saturated heterocycles. The molecule has 0 N–H and O–H groups in total. The Labute approximate surface area is 163 Å². The number of aryl methyl sites for hydroxylation is 1. The van der Waals surface area contributed by atoms with Gasteiger partial charge in [0.2, 0.25) is 0 Å². The molecule has 0 unspecified atom stereocenters. The molecule has 3 heteroatoms. The SMILES string of the molecule is C[n+]1ccc(/C=C/c2c3ccccc3cc3ccccc23)cc1F.[I-]. The molecule has 124 valence electrons. The number of aromatic nitrogens is 1. The molecule has 4 rings (SSSR count). The smallest absolute Gasteiger partial charge is 0.359 e. The molecule has 0 aliphatic heterocycles. The fourth-order valence-electron chi connectivity index (χ4n) is 3.07. The van der Waals surface area contributed by atoms with Crippen molar-refractivity contribution in [2.24, 2.45) is 7.05 Å². The number of rotatable bonds is 2. The molecule has 1 aromatic heterocycles. The average molecular weight is 441 g/mol. The van der Waals surface area contributed by atoms with Gasteiger partial charge in [0.25, 0.3) is 0 Å². The largest absolute Gasteiger partial charge is 1.00 e. The number of fused-ring (bicyclic) bond motifs is 2. The highest BCUT2D eigenvalue weighted by molar-refractivity contribution is 6.07. The Kier molecular flexibility index (Phi) is 5.13. The van der Waals surface area contributed by atoms with Crippen LogP contribution in [0.3, 0.4) is 0 Å². The first kappa shape index (κ1) is 17.5. The van der Waals surface area contributed by atoms with Crippen LogP contribution in [0, 0.1) is 5.95 Å². The maximum absolute atomic E-state index is 13.7. The number of pyridine rings is 1. The van der Waals surface area contributed by atoms with Gasteiger partial charge in [-0.25, -0.2) is 0 Å². The van der Waals surface area contributed by atoms with Gasteiger partial charge in [0, 0.05) is 12.1 Å². The van der Waals surface area contributed by atoms with E-state index < -0.39 is 0 Å². The van der Waals surface area contributed by atoms with Crippen LogP contribution in [0.4, 0.5) is 4.39 Å². The van der Waals surface area contributed by atoms with Gasteiger partial charge in [-0.15, -0.1) is 4.39 Å². The minimum Gasteiger partial charge on any atom is -1.00 e. The van der Waals surface area contributed by atoms with Crippen molar-refractivity contribution in [3.05, 3.63) is 90.0 Å². The van der Waals surface area contributed by atoms with Crippen molar-refractivity contribution < 1.29 is 32.9 Å². The van der Waals surface area contributed by atoms with Crippen molar-refractivity contribution in [2.45, 2.75) is 0 Å². The third-order valence-corrected chi connectivity index (χ3v) is 4.37. The molecule has 0 bridgehead atoms. The second kappa shape index (κ2) is 7.31. The number of nitrogens with zero attached hydrogens (tertiary/aromatic N) is 1. The molecule has 0 aliphatic rings. The Morgan fingerprint density at radius 3 is 2.00 bits per heavy atom. The lowest BCUT2D eigenvalue weighted by molar-refractivity contribution is -0.700. The fraction of sp³-hybridized carbons (Fsp3) is 0.0455. The molecule has 0 spiro atoms. The zero-order chi connectivity index (χ0) is 16.5. The van der Waals surface area contributed by atoms with Crippen LogP contribution < -0.4 is 28.5 Å². The van der Waals surface area contributed by atoms with E-state index >= 15 is 0 Å². The Morgan fingerprint density at radius 2 is 1.40 bits per heavy atom. The van der Waals surface area contributed by atoms with E-state index in [1.165, 1.54) is 26.1 Å². The summed E-state index contributed by atoms with van der Waals surface area (Å²) in [6.07, 6.45) is 5.78. The molecular formula is C22H17FIN. The quantitative estimate of drug-likeness (QED) is 0.194. The van der Waals surface area contributed by atoms with Crippen molar-refractivity contribution in [3.63, 3.8) is 0 Å². The molecule has 0 saturated carbocycles. The Morgan fingerprint density at radius 1 is 0.800 bits per heavy atom. The lowest BCUT2D eigenvalue weighted by atomic mass is 9.96. The van der Waals surface area contributed by atoms with E-state index in [2.05, 4.69) is 60.7 Å². The summed E-state index contributed by atoms with van der Waals surface area (Å²) in [7, 11) is 1.70. The third-order valence-electron chi connectivity index (χ3n) is 4.37. The van der Waals surface area contributed by atoms with Gasteiger partial charge in [0.05, 0.1) is 0 Å². The number of benzene rings is 3. The first-order valence-electron chi connectivity index (χ1n) is 7.96. The average Bonchev–Trinajstić information content (AvgIpc) is 2.61. The summed E-state index contributed by atoms with van der Waals surface area (Å²) in [4.78, 5) is 0. The van der Waals surface area contributed by atoms with Crippen LogP contribution in [0.1, 0.15) is 11.1 Å². The molecule has 3 aromatic carbocycles. The lowest BCUT2D eigenvalue weighted by Gasteiger charge is -2.08. The predicted molar refractivity (Wildman–Crippen MR) is 98.0 cm³/mol. The second-order valence-electron chi connectivity index (χ2n) is 5.96. The molecule has 0 fully saturated rings. The minimum absolute atomic E-state index is 0. The van der Waals surface area contributed by atoms with E-state index in [4.69, 9.17) is 0 Å². The predicted octanol–water partition coefficient (Wildman–Crippen LogP) is 2.13. The summed E-state index contributed by atoms with van der Waals surface area (Å²) < 4.78 is 15.2. The highest BCUT2D eigenvalue weighted by Crippen LogP contribution is 2.29. The summed E-state index contributed by atoms with van der Waals surface area (Å²) in [5.74, 6) is -0.250. The number of hydrogen-bond acceptors (Lipinski definition) is 0. The van der Waals surface area contributed by atoms with Crippen molar-refractivity contribution in [2.75, 3.05) is 0 Å². The van der Waals surface area contributed by atoms with E-state index in [-0.39, 0.29) is 29.9 Å². The molecule has 0 radical (unpaired) electrons. The van der Waals surface area contributed by atoms with Gasteiger partial charge in [-0.05, 0) is 38.7 Å². The van der Waals surface area contributed by atoms with Gasteiger partial charge in [-0.1, -0.05) is 60.7 Å². The second-order valence-corrected chi connectivity index (χ2v) is 5.96. The highest BCUT2D eigenvalue weighted by Gasteiger charge is 2.06. The van der Waals surface area contributed by atoms with Crippen molar-refractivity contribution in [1.29, 1.82) is 0 Å². The van der Waals surface area contributed by atoms with Crippen LogP contribution in [0.5, 0.6) is 0 Å². The lowest BCUT2D eigenvalue weighted by Crippen LogP contribution is -3.00. The van der Waals surface area contributed by atoms with E-state index in [1.54, 1.807) is 19.3 Å². The summed E-state index contributed by atoms with van der Waals surface area (Å²) in [6.45, 7) is 0. The fourth-order valence-corrected chi connectivity index (χ4v) is 3.07. The zero-order valence-corrected chi connectivity index (χ0v) is 15.9. The highest BCUT2D eigenvalue weighted by atomic mass is 127. The number of hydrogen-bond donors (Lipinski definition) is 0. The van der Waals surface area contributed by atoms with Gasteiger partial charge in [0.15, 0.2) is 6.20 Å². The van der Waals surface area contributed by atoms with E-state index in [0.29, 0.717) is 0 Å². The molecule has 0 amide bonds. The maximum Gasteiger partial charge on any atom is 0.359 e. The standard InChI is InChI=1S/C22H17FN.HI/c1-24-13-12-16(14-22(24)23)10-11-21-19-8-4-2-6-17(19)15-18-7-3-5-9-20(18)21;/h2-15H,1H3;1H/q+1;/p-1/b11-10+;. The topological polar surface area (TPSA) is 3.88 Å². The summed E-state index contributed by atoms with van der Waals surface area (Å²) >= 11 is 0. The van der Waals surface area contributed by atoms with Gasteiger partial charge >= 0.3 is 5.95 Å². The van der Waals surface area contributed by atoms with Crippen molar-refractivity contribution in [3.8, 4) is 0 Å². The molecule has 1 nitrogen and oxygen atoms in total. The minimum atomic E-state index is -0.250. The first-order valence-corrected chi connectivity index (χ1v) is 7.96. The summed E-state index contributed by atoms with van der Waals surface area (Å²) in [5, 5.41) is 4.83. The molecular weight excluding hydrogens is 424 g/mol. The van der Waals surface area contributed by atoms with Crippen LogP contribution in [-0.4, -0.2) is 0 Å². The molecule has 25 heavy (non-hydrogen) atoms. The van der Waals surface area contributed by atoms with E-state index in [1.807, 2.05) is 12.1 Å². The van der Waals surface area contributed by atoms with Crippen LogP contribution >= 0.6 is 0 Å². The monoisotopic (exact) mass is 441 g/mol. The van der Waals surface area contributed by atoms with Crippen LogP contribution in [-0.2, 0) is 7.05 Å². The van der Waals surface area contributed by atoms with E-state index in [9.17, 15) is 4.39 Å². The first-order chi connectivity index (χ1) is 11.7. The normalized spacial score (nSPS) is 11.1. The summed E-state index contributed by atoms with van der Waals surface area (Å²) in [5.41, 5.74) is 2.01. The van der Waals surface area contributed by atoms with Crippen molar-refractivity contribution in [1.82, 2.24) is 0 Å². The molecule has 1 heterocycles. The molecule has 4 aromatic rings. The van der Waals surface area contributed by atoms with Crippen LogP contribution in [0.2, 0.25) is 0 Å². The van der Waals surface area contributed by atoms with Gasteiger partial charge in [-0.3, -0.25) is 0 Å². The van der Waals surface area contributed by atoms with Gasteiger partial charge in [-0.2, -0.15) is 4.57 Å². The number of halogens is 2. The Hall–Kier alpha value is -2.27. The zero-order valence-electron chi connectivity index (χ0n) is 13.8. The van der Waals surface area contributed by atoms with Gasteiger partial charge < -0.3 is 24.0 Å². The van der Waals surface area contributed by atoms with Crippen LogP contribution in [0.25, 0.3) is 33.7 Å². The van der Waals surface area contributed by atoms with Crippen molar-refractivity contribution >= 4 is 33.7 Å². The Bertz CT molecular complexity index is 1030. The van der Waals surface area contributed by atoms with Crippen LogP contribution in [0.15, 0.2) is 72.9 Å². The van der Waals surface area contributed by atoms with Gasteiger partial charge in [0.1, 0.15) is 7.05 Å². The Balaban J connectivity index is 0.00000182.